The van der Waals surface area contributed by atoms with E-state index < -0.39 is 11.6 Å². The minimum absolute atomic E-state index is 0.209. The van der Waals surface area contributed by atoms with Gasteiger partial charge in [-0.05, 0) is 24.3 Å². The van der Waals surface area contributed by atoms with Gasteiger partial charge in [0.25, 0.3) is 0 Å². The summed E-state index contributed by atoms with van der Waals surface area (Å²) in [5.74, 6) is -0.199. The van der Waals surface area contributed by atoms with Crippen molar-refractivity contribution in [2.24, 2.45) is 0 Å². The molecule has 0 saturated carbocycles. The number of carbonyl (C=O) groups is 1. The van der Waals surface area contributed by atoms with Crippen molar-refractivity contribution in [3.8, 4) is 11.4 Å². The Morgan fingerprint density at radius 2 is 1.60 bits per heavy atom. The van der Waals surface area contributed by atoms with E-state index in [1.54, 1.807) is 11.1 Å². The fourth-order valence-electron chi connectivity index (χ4n) is 3.34. The molecule has 0 radical (unpaired) electrons. The topological polar surface area (TPSA) is 49.3 Å². The highest BCUT2D eigenvalue weighted by Gasteiger charge is 2.21. The van der Waals surface area contributed by atoms with E-state index in [0.29, 0.717) is 32.0 Å². The number of benzene rings is 2. The predicted octanol–water partition coefficient (Wildman–Crippen LogP) is 3.78. The van der Waals surface area contributed by atoms with Gasteiger partial charge in [-0.15, -0.1) is 0 Å². The average molecular weight is 406 g/mol. The van der Waals surface area contributed by atoms with Crippen LogP contribution in [-0.4, -0.2) is 47.0 Å². The number of piperazine rings is 1. The number of rotatable bonds is 4. The minimum Gasteiger partial charge on any atom is -0.353 e. The zero-order chi connectivity index (χ0) is 20.9. The number of aromatic nitrogens is 2. The first-order chi connectivity index (χ1) is 14.6. The lowest BCUT2D eigenvalue weighted by molar-refractivity contribution is -0.126. The Morgan fingerprint density at radius 3 is 2.30 bits per heavy atom. The molecule has 7 heteroatoms. The highest BCUT2D eigenvalue weighted by molar-refractivity contribution is 5.92. The number of nitrogens with zero attached hydrogens (tertiary/aromatic N) is 4. The zero-order valence-electron chi connectivity index (χ0n) is 16.2. The van der Waals surface area contributed by atoms with Gasteiger partial charge in [-0.2, -0.15) is 0 Å². The SMILES string of the molecule is O=C(/C=C/c1c(F)cccc1F)N1CCN(c2ccnc(-c3ccccc3)n2)CC1. The molecule has 1 aromatic heterocycles. The van der Waals surface area contributed by atoms with Crippen LogP contribution in [0.15, 0.2) is 66.9 Å². The normalized spacial score (nSPS) is 14.3. The van der Waals surface area contributed by atoms with Gasteiger partial charge in [0, 0.05) is 49.6 Å². The van der Waals surface area contributed by atoms with Gasteiger partial charge in [-0.3, -0.25) is 4.79 Å². The second kappa shape index (κ2) is 8.82. The molecule has 0 aliphatic carbocycles. The molecule has 0 N–H and O–H groups in total. The van der Waals surface area contributed by atoms with Crippen LogP contribution < -0.4 is 4.90 Å². The Morgan fingerprint density at radius 1 is 0.900 bits per heavy atom. The highest BCUT2D eigenvalue weighted by atomic mass is 19.1. The van der Waals surface area contributed by atoms with Crippen molar-refractivity contribution < 1.29 is 13.6 Å². The van der Waals surface area contributed by atoms with Gasteiger partial charge in [-0.25, -0.2) is 18.7 Å². The molecule has 3 aromatic rings. The lowest BCUT2D eigenvalue weighted by atomic mass is 10.2. The summed E-state index contributed by atoms with van der Waals surface area (Å²) in [5.41, 5.74) is 0.734. The van der Waals surface area contributed by atoms with Crippen LogP contribution in [-0.2, 0) is 4.79 Å². The fourth-order valence-corrected chi connectivity index (χ4v) is 3.34. The van der Waals surface area contributed by atoms with Crippen molar-refractivity contribution in [2.75, 3.05) is 31.1 Å². The molecule has 0 atom stereocenters. The highest BCUT2D eigenvalue weighted by Crippen LogP contribution is 2.19. The lowest BCUT2D eigenvalue weighted by Crippen LogP contribution is -2.48. The predicted molar refractivity (Wildman–Crippen MR) is 112 cm³/mol. The van der Waals surface area contributed by atoms with Gasteiger partial charge >= 0.3 is 0 Å². The molecular formula is C23H20F2N4O. The van der Waals surface area contributed by atoms with E-state index in [1.807, 2.05) is 36.4 Å². The summed E-state index contributed by atoms with van der Waals surface area (Å²) in [5, 5.41) is 0. The summed E-state index contributed by atoms with van der Waals surface area (Å²) in [6.45, 7) is 2.21. The van der Waals surface area contributed by atoms with E-state index in [4.69, 9.17) is 0 Å². The molecule has 1 fully saturated rings. The van der Waals surface area contributed by atoms with E-state index in [0.717, 1.165) is 23.5 Å². The number of halogens is 2. The summed E-state index contributed by atoms with van der Waals surface area (Å²) in [7, 11) is 0. The molecule has 1 saturated heterocycles. The largest absolute Gasteiger partial charge is 0.353 e. The Labute approximate surface area is 173 Å². The van der Waals surface area contributed by atoms with Gasteiger partial charge in [0.05, 0.1) is 0 Å². The standard InChI is InChI=1S/C23H20F2N4O/c24-19-7-4-8-20(25)18(19)9-10-22(30)29-15-13-28(14-16-29)21-11-12-26-23(27-21)17-5-2-1-3-6-17/h1-12H,13-16H2/b10-9+. The molecule has 1 aliphatic heterocycles. The van der Waals surface area contributed by atoms with E-state index in [9.17, 15) is 13.6 Å². The van der Waals surface area contributed by atoms with E-state index >= 15 is 0 Å². The number of hydrogen-bond donors (Lipinski definition) is 0. The summed E-state index contributed by atoms with van der Waals surface area (Å²) in [4.78, 5) is 25.2. The summed E-state index contributed by atoms with van der Waals surface area (Å²) >= 11 is 0. The molecule has 1 amide bonds. The van der Waals surface area contributed by atoms with E-state index in [2.05, 4.69) is 14.9 Å². The molecular weight excluding hydrogens is 386 g/mol. The van der Waals surface area contributed by atoms with Crippen molar-refractivity contribution >= 4 is 17.8 Å². The Kier molecular flexibility index (Phi) is 5.79. The smallest absolute Gasteiger partial charge is 0.246 e. The van der Waals surface area contributed by atoms with Crippen LogP contribution in [0.5, 0.6) is 0 Å². The zero-order valence-corrected chi connectivity index (χ0v) is 16.2. The van der Waals surface area contributed by atoms with Crippen molar-refractivity contribution in [3.63, 3.8) is 0 Å². The molecule has 5 nitrogen and oxygen atoms in total. The fraction of sp³-hybridized carbons (Fsp3) is 0.174. The van der Waals surface area contributed by atoms with Gasteiger partial charge in [0.2, 0.25) is 5.91 Å². The third-order valence-electron chi connectivity index (χ3n) is 4.98. The van der Waals surface area contributed by atoms with Crippen molar-refractivity contribution in [1.29, 1.82) is 0 Å². The number of anilines is 1. The van der Waals surface area contributed by atoms with E-state index in [-0.39, 0.29) is 11.5 Å². The van der Waals surface area contributed by atoms with Crippen LogP contribution in [0.2, 0.25) is 0 Å². The van der Waals surface area contributed by atoms with Crippen molar-refractivity contribution in [1.82, 2.24) is 14.9 Å². The number of amides is 1. The summed E-state index contributed by atoms with van der Waals surface area (Å²) < 4.78 is 27.4. The first kappa shape index (κ1) is 19.7. The second-order valence-corrected chi connectivity index (χ2v) is 6.89. The van der Waals surface area contributed by atoms with Gasteiger partial charge in [0.15, 0.2) is 5.82 Å². The van der Waals surface area contributed by atoms with Gasteiger partial charge in [-0.1, -0.05) is 36.4 Å². The third-order valence-corrected chi connectivity index (χ3v) is 4.98. The minimum atomic E-state index is -0.693. The van der Waals surface area contributed by atoms with Crippen LogP contribution in [0.1, 0.15) is 5.56 Å². The summed E-state index contributed by atoms with van der Waals surface area (Å²) in [6.07, 6.45) is 4.14. The Balaban J connectivity index is 1.39. The molecule has 0 spiro atoms. The second-order valence-electron chi connectivity index (χ2n) is 6.89. The van der Waals surface area contributed by atoms with Gasteiger partial charge in [0.1, 0.15) is 17.5 Å². The van der Waals surface area contributed by atoms with Crippen LogP contribution in [0, 0.1) is 11.6 Å². The first-order valence-electron chi connectivity index (χ1n) is 9.66. The molecule has 1 aliphatic rings. The molecule has 0 unspecified atom stereocenters. The van der Waals surface area contributed by atoms with Crippen LogP contribution in [0.4, 0.5) is 14.6 Å². The Hall–Kier alpha value is -3.61. The number of carbonyl (C=O) groups excluding carboxylic acids is 1. The van der Waals surface area contributed by atoms with Crippen molar-refractivity contribution in [3.05, 3.63) is 84.1 Å². The maximum absolute atomic E-state index is 13.7. The quantitative estimate of drug-likeness (QED) is 0.619. The van der Waals surface area contributed by atoms with Crippen LogP contribution in [0.25, 0.3) is 17.5 Å². The van der Waals surface area contributed by atoms with Crippen LogP contribution >= 0.6 is 0 Å². The molecule has 2 heterocycles. The monoisotopic (exact) mass is 406 g/mol. The van der Waals surface area contributed by atoms with Gasteiger partial charge < -0.3 is 9.80 Å². The van der Waals surface area contributed by atoms with E-state index in [1.165, 1.54) is 18.2 Å². The third kappa shape index (κ3) is 4.35. The molecule has 2 aromatic carbocycles. The Bertz CT molecular complexity index is 1040. The lowest BCUT2D eigenvalue weighted by Gasteiger charge is -2.35. The molecule has 0 bridgehead atoms. The van der Waals surface area contributed by atoms with Crippen molar-refractivity contribution in [2.45, 2.75) is 0 Å². The molecule has 4 rings (SSSR count). The molecule has 152 valence electrons. The maximum Gasteiger partial charge on any atom is 0.246 e. The molecule has 30 heavy (non-hydrogen) atoms. The first-order valence-corrected chi connectivity index (χ1v) is 9.66. The summed E-state index contributed by atoms with van der Waals surface area (Å²) in [6, 6.07) is 15.2. The van der Waals surface area contributed by atoms with Crippen LogP contribution in [0.3, 0.4) is 0 Å². The average Bonchev–Trinajstić information content (AvgIpc) is 2.79. The maximum atomic E-state index is 13.7. The number of hydrogen-bond acceptors (Lipinski definition) is 4.